The number of hydrogen-bond donors (Lipinski definition) is 0. The van der Waals surface area contributed by atoms with Gasteiger partial charge >= 0.3 is 98.6 Å². The third kappa shape index (κ3) is 11.2. The van der Waals surface area contributed by atoms with E-state index in [2.05, 4.69) is 6.78 Å². The van der Waals surface area contributed by atoms with Crippen molar-refractivity contribution >= 4 is 9.05 Å². The molecular weight excluding hydrogens is 372 g/mol. The second-order valence-electron chi connectivity index (χ2n) is 0.680. The summed E-state index contributed by atoms with van der Waals surface area (Å²) in [4.78, 5) is 28.2. The second kappa shape index (κ2) is 6.09. The molecule has 0 aromatic heterocycles. The molecule has 0 aliphatic carbocycles. The van der Waals surface area contributed by atoms with Crippen LogP contribution in [0, 0.1) is 36.9 Å². The van der Waals surface area contributed by atoms with Crippen LogP contribution < -0.4 is 14.4 Å². The molecule has 0 saturated heterocycles. The van der Waals surface area contributed by atoms with E-state index in [1.54, 1.807) is 0 Å². The Bertz CT molecular complexity index is 50.9. The predicted octanol–water partition coefficient (Wildman–Crippen LogP) is -4.09. The van der Waals surface area contributed by atoms with Gasteiger partial charge in [-0.05, 0) is 0 Å². The van der Waals surface area contributed by atoms with Crippen molar-refractivity contribution in [3.05, 3.63) is 0 Å². The van der Waals surface area contributed by atoms with Crippen LogP contribution in [0.4, 0.5) is 0 Å². The van der Waals surface area contributed by atoms with E-state index in [-0.39, 0.29) is 68.3 Å². The summed E-state index contributed by atoms with van der Waals surface area (Å²) in [5.41, 5.74) is 0. The Labute approximate surface area is 96.9 Å². The fourth-order valence-corrected chi connectivity index (χ4v) is 1.05. The first-order valence-corrected chi connectivity index (χ1v) is 4.01. The molecule has 8 heteroatoms. The molecule has 0 heterocycles. The maximum absolute atomic E-state index is 9.40. The van der Waals surface area contributed by atoms with Gasteiger partial charge in [-0.3, -0.25) is 0 Å². The van der Waals surface area contributed by atoms with E-state index in [0.717, 1.165) is 0 Å². The van der Waals surface area contributed by atoms with Crippen LogP contribution >= 0.6 is 0 Å². The molecular formula is LuO5SiY. The van der Waals surface area contributed by atoms with Gasteiger partial charge in [0.15, 0.2) is 0 Å². The topological polar surface area (TPSA) is 87.6 Å². The Kier molecular flexibility index (Phi) is 9.88. The van der Waals surface area contributed by atoms with E-state index in [9.17, 15) is 14.4 Å². The van der Waals surface area contributed by atoms with E-state index in [1.807, 2.05) is 0 Å². The Morgan fingerprint density at radius 1 is 1.25 bits per heavy atom. The van der Waals surface area contributed by atoms with E-state index < -0.39 is 9.05 Å². The minimum atomic E-state index is -5.10. The summed E-state index contributed by atoms with van der Waals surface area (Å²) in [5, 5.41) is 0. The monoisotopic (exact) mass is 372 g/mol. The molecule has 0 rings (SSSR count). The third-order valence-electron chi connectivity index (χ3n) is 0.150. The molecule has 0 unspecified atom stereocenters. The van der Waals surface area contributed by atoms with Gasteiger partial charge in [0.1, 0.15) is 0 Å². The first kappa shape index (κ1) is 13.0. The van der Waals surface area contributed by atoms with Gasteiger partial charge in [0.2, 0.25) is 0 Å². The molecule has 0 amide bonds. The molecule has 0 aromatic carbocycles. The predicted molar refractivity (Wildman–Crippen MR) is 7.92 cm³/mol. The molecule has 0 saturated carbocycles. The summed E-state index contributed by atoms with van der Waals surface area (Å²) < 4.78 is 6.92. The maximum atomic E-state index is 9.40. The summed E-state index contributed by atoms with van der Waals surface area (Å²) in [5.74, 6) is 0. The quantitative estimate of drug-likeness (QED) is 0.280. The number of hydrogen-bond acceptors (Lipinski definition) is 5. The molecule has 52 valence electrons. The number of rotatable bonds is 2. The normalized spacial score (nSPS) is 10.2. The van der Waals surface area contributed by atoms with E-state index in [4.69, 9.17) is 0 Å². The van der Waals surface area contributed by atoms with Crippen LogP contribution in [0.5, 0.6) is 0 Å². The van der Waals surface area contributed by atoms with Crippen LogP contribution in [0.3, 0.4) is 0 Å². The van der Waals surface area contributed by atoms with Crippen molar-refractivity contribution in [1.82, 2.24) is 0 Å². The molecule has 0 aliphatic heterocycles. The van der Waals surface area contributed by atoms with Crippen LogP contribution in [-0.2, 0) is 38.2 Å². The van der Waals surface area contributed by atoms with Gasteiger partial charge in [-0.15, -0.1) is 0 Å². The molecule has 0 radical (unpaired) electrons. The van der Waals surface area contributed by atoms with Gasteiger partial charge in [-0.1, -0.05) is 0 Å². The van der Waals surface area contributed by atoms with Gasteiger partial charge in [0, 0.05) is 0 Å². The summed E-state index contributed by atoms with van der Waals surface area (Å²) >= 11 is 0.137. The molecule has 8 heavy (non-hydrogen) atoms. The van der Waals surface area contributed by atoms with Crippen LogP contribution in [0.25, 0.3) is 0 Å². The van der Waals surface area contributed by atoms with Gasteiger partial charge in [0.25, 0.3) is 0 Å². The average Bonchev–Trinajstić information content (AvgIpc) is 1.30. The van der Waals surface area contributed by atoms with E-state index in [0.29, 0.717) is 0 Å². The molecule has 0 spiro atoms. The standard InChI is InChI=1S/Lu.HO5Si.Y/c;1-5-6(2,3)4;/h;1H;/q+3;-3;+1/p-1. The zero-order valence-electron chi connectivity index (χ0n) is 3.38. The SMILES string of the molecule is [Lu+3].[O-][Si]([O-])([O-])O[O][Y]. The minimum absolute atomic E-state index is 0. The Morgan fingerprint density at radius 2 is 1.62 bits per heavy atom. The van der Waals surface area contributed by atoms with Crippen molar-refractivity contribution in [3.8, 4) is 0 Å². The van der Waals surface area contributed by atoms with Crippen molar-refractivity contribution in [3.63, 3.8) is 0 Å². The fraction of sp³-hybridized carbons (Fsp3) is 0. The molecule has 0 N–H and O–H groups in total. The summed E-state index contributed by atoms with van der Waals surface area (Å²) in [6.07, 6.45) is 0. The van der Waals surface area contributed by atoms with E-state index >= 15 is 0 Å². The van der Waals surface area contributed by atoms with Crippen molar-refractivity contribution in [2.45, 2.75) is 0 Å². The van der Waals surface area contributed by atoms with Crippen molar-refractivity contribution in [2.75, 3.05) is 0 Å². The van der Waals surface area contributed by atoms with Crippen LogP contribution in [-0.4, -0.2) is 9.05 Å². The van der Waals surface area contributed by atoms with Crippen LogP contribution in [0.15, 0.2) is 0 Å². The Hall–Kier alpha value is 2.35. The molecule has 0 aromatic rings. The van der Waals surface area contributed by atoms with Gasteiger partial charge in [-0.25, -0.2) is 0 Å². The van der Waals surface area contributed by atoms with Crippen molar-refractivity contribution < 1.29 is 89.5 Å². The van der Waals surface area contributed by atoms with Crippen molar-refractivity contribution in [2.24, 2.45) is 0 Å². The third-order valence-corrected chi connectivity index (χ3v) is 1.16. The first-order chi connectivity index (χ1) is 3.06. The summed E-state index contributed by atoms with van der Waals surface area (Å²) in [6.45, 7) is 0. The zero-order valence-corrected chi connectivity index (χ0v) is 8.87. The molecule has 0 fully saturated rings. The Balaban J connectivity index is 0. The molecule has 0 bridgehead atoms. The molecule has 5 nitrogen and oxygen atoms in total. The average molecular weight is 372 g/mol. The van der Waals surface area contributed by atoms with Crippen LogP contribution in [0.1, 0.15) is 0 Å². The summed E-state index contributed by atoms with van der Waals surface area (Å²) in [7, 11) is -5.10. The molecule has 0 atom stereocenters. The van der Waals surface area contributed by atoms with Crippen LogP contribution in [0.2, 0.25) is 0 Å². The molecule has 0 aliphatic rings. The van der Waals surface area contributed by atoms with Gasteiger partial charge in [-0.2, -0.15) is 0 Å². The zero-order chi connectivity index (χ0) is 5.91. The Morgan fingerprint density at radius 3 is 1.62 bits per heavy atom. The van der Waals surface area contributed by atoms with Crippen molar-refractivity contribution in [1.29, 1.82) is 0 Å². The summed E-state index contributed by atoms with van der Waals surface area (Å²) in [6, 6.07) is 0. The van der Waals surface area contributed by atoms with Gasteiger partial charge < -0.3 is 0 Å². The van der Waals surface area contributed by atoms with E-state index in [1.165, 1.54) is 0 Å². The second-order valence-corrected chi connectivity index (χ2v) is 2.32. The first-order valence-electron chi connectivity index (χ1n) is 1.22. The van der Waals surface area contributed by atoms with Gasteiger partial charge in [0.05, 0.1) is 0 Å². The fourth-order valence-electron chi connectivity index (χ4n) is 0.0589.